The number of hydrogen-bond acceptors (Lipinski definition) is 14. The maximum Gasteiger partial charge on any atom is 0.330 e. The normalized spacial score (nSPS) is 21.7. The summed E-state index contributed by atoms with van der Waals surface area (Å²) in [5.41, 5.74) is -0.888. The van der Waals surface area contributed by atoms with E-state index in [-0.39, 0.29) is 28.0 Å². The molecule has 236 valence electrons. The molecule has 0 amide bonds. The van der Waals surface area contributed by atoms with Gasteiger partial charge < -0.3 is 59.5 Å². The summed E-state index contributed by atoms with van der Waals surface area (Å²) < 4.78 is 22.0. The molecule has 1 saturated heterocycles. The average Bonchev–Trinajstić information content (AvgIpc) is 2.99. The number of fused-ring (bicyclic) bond motifs is 1. The summed E-state index contributed by atoms with van der Waals surface area (Å²) in [7, 11) is 1.22. The number of esters is 1. The van der Waals surface area contributed by atoms with Crippen molar-refractivity contribution in [3.8, 4) is 45.8 Å². The van der Waals surface area contributed by atoms with E-state index in [4.69, 9.17) is 18.6 Å². The van der Waals surface area contributed by atoms with Gasteiger partial charge >= 0.3 is 5.97 Å². The zero-order valence-corrected chi connectivity index (χ0v) is 23.4. The second-order valence-corrected chi connectivity index (χ2v) is 10.2. The van der Waals surface area contributed by atoms with E-state index in [0.717, 1.165) is 24.3 Å². The fourth-order valence-corrected chi connectivity index (χ4v) is 5.03. The summed E-state index contributed by atoms with van der Waals surface area (Å²) in [6, 6.07) is 9.60. The van der Waals surface area contributed by atoms with Crippen molar-refractivity contribution >= 4 is 23.0 Å². The SMILES string of the molecule is COC1C(COC(=O)/C=C/c2ccc(O)c(O)c2)OC(c2c(O)cc3oc(-c4ccc(O)c(O)c4)cc(=O)c3c2O)C(O)C1O. The van der Waals surface area contributed by atoms with Crippen LogP contribution in [0.1, 0.15) is 17.2 Å². The van der Waals surface area contributed by atoms with Crippen molar-refractivity contribution in [1.82, 2.24) is 0 Å². The second-order valence-electron chi connectivity index (χ2n) is 10.2. The first-order chi connectivity index (χ1) is 21.4. The summed E-state index contributed by atoms with van der Waals surface area (Å²) in [6.07, 6.45) is -5.20. The lowest BCUT2D eigenvalue weighted by atomic mass is 9.89. The topological polar surface area (TPSA) is 237 Å². The lowest BCUT2D eigenvalue weighted by Crippen LogP contribution is -2.56. The summed E-state index contributed by atoms with van der Waals surface area (Å²) in [4.78, 5) is 25.5. The van der Waals surface area contributed by atoms with Gasteiger partial charge in [-0.1, -0.05) is 6.07 Å². The number of phenolic OH excluding ortho intramolecular Hbond substituents is 6. The first-order valence-electron chi connectivity index (χ1n) is 13.4. The predicted molar refractivity (Wildman–Crippen MR) is 155 cm³/mol. The number of hydrogen-bond donors (Lipinski definition) is 8. The van der Waals surface area contributed by atoms with Crippen LogP contribution in [-0.4, -0.2) is 85.0 Å². The largest absolute Gasteiger partial charge is 0.507 e. The highest BCUT2D eigenvalue weighted by molar-refractivity contribution is 5.88. The number of carbonyl (C=O) groups is 1. The van der Waals surface area contributed by atoms with Crippen LogP contribution in [0.3, 0.4) is 0 Å². The molecular formula is C31H28O14. The number of ether oxygens (including phenoxy) is 3. The van der Waals surface area contributed by atoms with E-state index in [1.54, 1.807) is 0 Å². The van der Waals surface area contributed by atoms with Gasteiger partial charge in [-0.3, -0.25) is 4.79 Å². The molecule has 14 nitrogen and oxygen atoms in total. The molecule has 5 rings (SSSR count). The zero-order chi connectivity index (χ0) is 32.6. The Morgan fingerprint density at radius 2 is 1.56 bits per heavy atom. The van der Waals surface area contributed by atoms with Gasteiger partial charge in [0.05, 0.1) is 5.56 Å². The Labute approximate surface area is 253 Å². The molecule has 1 aliphatic heterocycles. The van der Waals surface area contributed by atoms with Gasteiger partial charge in [-0.05, 0) is 42.0 Å². The van der Waals surface area contributed by atoms with Crippen LogP contribution in [0, 0.1) is 0 Å². The number of rotatable bonds is 7. The highest BCUT2D eigenvalue weighted by Gasteiger charge is 2.47. The molecule has 45 heavy (non-hydrogen) atoms. The molecule has 1 aromatic heterocycles. The van der Waals surface area contributed by atoms with Crippen LogP contribution < -0.4 is 5.43 Å². The standard InChI is InChI=1S/C31H28O14/c1-42-30-23(12-43-24(38)7-3-13-2-5-15(32)17(34)8-13)45-31(29(41)28(30)40)26-20(37)11-22-25(27(26)39)19(36)10-21(44-22)14-4-6-16(33)18(35)9-14/h2-11,23,28-35,37,39-41H,12H2,1H3/b7-3+. The third-order valence-corrected chi connectivity index (χ3v) is 7.31. The van der Waals surface area contributed by atoms with Crippen LogP contribution in [0.2, 0.25) is 0 Å². The van der Waals surface area contributed by atoms with E-state index in [0.29, 0.717) is 5.56 Å². The highest BCUT2D eigenvalue weighted by Crippen LogP contribution is 2.45. The Hall–Kier alpha value is -5.28. The number of aliphatic hydroxyl groups excluding tert-OH is 2. The van der Waals surface area contributed by atoms with E-state index in [2.05, 4.69) is 0 Å². The molecule has 5 unspecified atom stereocenters. The summed E-state index contributed by atoms with van der Waals surface area (Å²) >= 11 is 0. The van der Waals surface area contributed by atoms with Crippen LogP contribution >= 0.6 is 0 Å². The second kappa shape index (κ2) is 12.4. The fraction of sp³-hybridized carbons (Fsp3) is 0.226. The Balaban J connectivity index is 1.42. The molecule has 0 saturated carbocycles. The molecule has 0 aliphatic carbocycles. The first kappa shape index (κ1) is 31.2. The Morgan fingerprint density at radius 3 is 2.22 bits per heavy atom. The number of benzene rings is 3. The molecular weight excluding hydrogens is 596 g/mol. The molecule has 0 spiro atoms. The Kier molecular flexibility index (Phi) is 8.57. The zero-order valence-electron chi connectivity index (χ0n) is 23.4. The van der Waals surface area contributed by atoms with Gasteiger partial charge in [-0.15, -0.1) is 0 Å². The summed E-state index contributed by atoms with van der Waals surface area (Å²) in [5.74, 6) is -3.98. The molecule has 2 heterocycles. The smallest absolute Gasteiger partial charge is 0.330 e. The minimum absolute atomic E-state index is 0.0557. The Bertz CT molecular complexity index is 1840. The predicted octanol–water partition coefficient (Wildman–Crippen LogP) is 2.13. The monoisotopic (exact) mass is 624 g/mol. The summed E-state index contributed by atoms with van der Waals surface area (Å²) in [6.45, 7) is -0.511. The van der Waals surface area contributed by atoms with Crippen molar-refractivity contribution in [1.29, 1.82) is 0 Å². The van der Waals surface area contributed by atoms with Crippen LogP contribution in [-0.2, 0) is 19.0 Å². The summed E-state index contributed by atoms with van der Waals surface area (Å²) in [5, 5.41) is 81.7. The molecule has 1 aliphatic rings. The molecule has 0 bridgehead atoms. The van der Waals surface area contributed by atoms with Gasteiger partial charge in [0.25, 0.3) is 0 Å². The van der Waals surface area contributed by atoms with Crippen molar-refractivity contribution in [3.05, 3.63) is 76.0 Å². The highest BCUT2D eigenvalue weighted by atomic mass is 16.6. The molecule has 3 aromatic carbocycles. The van der Waals surface area contributed by atoms with Gasteiger partial charge in [0.15, 0.2) is 28.4 Å². The third kappa shape index (κ3) is 6.07. The number of aliphatic hydroxyl groups is 2. The number of methoxy groups -OCH3 is 1. The average molecular weight is 625 g/mol. The van der Waals surface area contributed by atoms with E-state index >= 15 is 0 Å². The van der Waals surface area contributed by atoms with Crippen molar-refractivity contribution in [2.45, 2.75) is 30.5 Å². The van der Waals surface area contributed by atoms with Crippen LogP contribution in [0.4, 0.5) is 0 Å². The lowest BCUT2D eigenvalue weighted by molar-refractivity contribution is -0.240. The van der Waals surface area contributed by atoms with Crippen molar-refractivity contribution in [2.75, 3.05) is 13.7 Å². The van der Waals surface area contributed by atoms with Crippen LogP contribution in [0.25, 0.3) is 28.4 Å². The maximum absolute atomic E-state index is 13.1. The minimum Gasteiger partial charge on any atom is -0.507 e. The van der Waals surface area contributed by atoms with E-state index in [1.807, 2.05) is 0 Å². The van der Waals surface area contributed by atoms with Crippen molar-refractivity contribution in [2.24, 2.45) is 0 Å². The molecule has 1 fully saturated rings. The van der Waals surface area contributed by atoms with E-state index < -0.39 is 82.8 Å². The quantitative estimate of drug-likeness (QED) is 0.0835. The third-order valence-electron chi connectivity index (χ3n) is 7.31. The van der Waals surface area contributed by atoms with Gasteiger partial charge in [0.1, 0.15) is 65.4 Å². The number of phenols is 6. The van der Waals surface area contributed by atoms with Crippen LogP contribution in [0.15, 0.2) is 63.8 Å². The van der Waals surface area contributed by atoms with E-state index in [9.17, 15) is 50.4 Å². The van der Waals surface area contributed by atoms with Crippen molar-refractivity contribution < 1.29 is 64.3 Å². The number of aromatic hydroxyl groups is 6. The van der Waals surface area contributed by atoms with Crippen LogP contribution in [0.5, 0.6) is 34.5 Å². The Morgan fingerprint density at radius 1 is 0.867 bits per heavy atom. The molecule has 8 N–H and O–H groups in total. The molecule has 0 radical (unpaired) electrons. The van der Waals surface area contributed by atoms with Gasteiger partial charge in [0, 0.05) is 30.9 Å². The minimum atomic E-state index is -1.79. The number of carbonyl (C=O) groups excluding carboxylic acids is 1. The molecule has 5 atom stereocenters. The van der Waals surface area contributed by atoms with Gasteiger partial charge in [-0.25, -0.2) is 4.79 Å². The van der Waals surface area contributed by atoms with Gasteiger partial charge in [0.2, 0.25) is 0 Å². The molecule has 4 aromatic rings. The molecule has 14 heteroatoms. The fourth-order valence-electron chi connectivity index (χ4n) is 5.03. The van der Waals surface area contributed by atoms with E-state index in [1.165, 1.54) is 43.5 Å². The van der Waals surface area contributed by atoms with Crippen molar-refractivity contribution in [3.63, 3.8) is 0 Å². The lowest BCUT2D eigenvalue weighted by Gasteiger charge is -2.42. The maximum atomic E-state index is 13.1. The van der Waals surface area contributed by atoms with Gasteiger partial charge in [-0.2, -0.15) is 0 Å². The first-order valence-corrected chi connectivity index (χ1v) is 13.4.